The lowest BCUT2D eigenvalue weighted by Crippen LogP contribution is -2.59. The lowest BCUT2D eigenvalue weighted by Gasteiger charge is -2.45. The first-order valence-corrected chi connectivity index (χ1v) is 11.7. The van der Waals surface area contributed by atoms with Crippen LogP contribution >= 0.6 is 0 Å². The zero-order valence-electron chi connectivity index (χ0n) is 20.2. The maximum atomic E-state index is 13.5. The topological polar surface area (TPSA) is 74.8 Å². The van der Waals surface area contributed by atoms with Crippen LogP contribution in [-0.2, 0) is 16.1 Å². The normalized spacial score (nSPS) is 18.9. The van der Waals surface area contributed by atoms with Crippen LogP contribution in [0.3, 0.4) is 0 Å². The van der Waals surface area contributed by atoms with Crippen molar-refractivity contribution < 1.29 is 14.3 Å². The number of aromatic nitrogens is 1. The van der Waals surface area contributed by atoms with Gasteiger partial charge in [0.2, 0.25) is 0 Å². The minimum absolute atomic E-state index is 0.0591. The van der Waals surface area contributed by atoms with Crippen molar-refractivity contribution in [3.8, 4) is 0 Å². The molecule has 0 unspecified atom stereocenters. The number of rotatable bonds is 9. The van der Waals surface area contributed by atoms with Gasteiger partial charge in [0.05, 0.1) is 19.1 Å². The Kier molecular flexibility index (Phi) is 8.83. The molecule has 1 N–H and O–H groups in total. The van der Waals surface area contributed by atoms with Crippen LogP contribution in [0, 0.1) is 5.92 Å². The molecule has 7 nitrogen and oxygen atoms in total. The van der Waals surface area contributed by atoms with Gasteiger partial charge in [-0.05, 0) is 37.0 Å². The van der Waals surface area contributed by atoms with Crippen LogP contribution in [0.25, 0.3) is 0 Å². The van der Waals surface area contributed by atoms with Crippen LogP contribution in [-0.4, -0.2) is 65.5 Å². The molecule has 0 spiro atoms. The standard InChI is InChI=1S/C26H36N4O3/c1-19(2)12-14-28-25-23(11-8-13-27-25)26(32)29-16-20(3)30(17-21-9-6-5-7-10-21)22(18-29)15-24(31)33-4/h5-11,13,19-20,22H,12,14-18H2,1-4H3,(H,27,28)/t20-,22-/m1/s1. The lowest BCUT2D eigenvalue weighted by molar-refractivity contribution is -0.143. The highest BCUT2D eigenvalue weighted by atomic mass is 16.5. The quantitative estimate of drug-likeness (QED) is 0.583. The molecular formula is C26H36N4O3. The Bertz CT molecular complexity index is 919. The predicted molar refractivity (Wildman–Crippen MR) is 130 cm³/mol. The van der Waals surface area contributed by atoms with Gasteiger partial charge in [-0.3, -0.25) is 14.5 Å². The molecule has 1 amide bonds. The number of amides is 1. The van der Waals surface area contributed by atoms with Crippen molar-refractivity contribution in [2.75, 3.05) is 32.1 Å². The van der Waals surface area contributed by atoms with Gasteiger partial charge in [0, 0.05) is 44.5 Å². The summed E-state index contributed by atoms with van der Waals surface area (Å²) in [7, 11) is 1.41. The highest BCUT2D eigenvalue weighted by Gasteiger charge is 2.36. The zero-order valence-corrected chi connectivity index (χ0v) is 20.2. The molecule has 7 heteroatoms. The number of hydrogen-bond donors (Lipinski definition) is 1. The van der Waals surface area contributed by atoms with Gasteiger partial charge in [-0.1, -0.05) is 44.2 Å². The molecule has 1 aromatic carbocycles. The zero-order chi connectivity index (χ0) is 23.8. The third-order valence-corrected chi connectivity index (χ3v) is 6.13. The van der Waals surface area contributed by atoms with E-state index in [9.17, 15) is 9.59 Å². The van der Waals surface area contributed by atoms with Crippen molar-refractivity contribution in [2.24, 2.45) is 5.92 Å². The van der Waals surface area contributed by atoms with E-state index in [4.69, 9.17) is 4.74 Å². The SMILES string of the molecule is COC(=O)C[C@@H]1CN(C(=O)c2cccnc2NCCC(C)C)C[C@@H](C)N1Cc1ccccc1. The van der Waals surface area contributed by atoms with Gasteiger partial charge in [-0.15, -0.1) is 0 Å². The molecule has 2 heterocycles. The highest BCUT2D eigenvalue weighted by Crippen LogP contribution is 2.24. The van der Waals surface area contributed by atoms with Gasteiger partial charge in [0.15, 0.2) is 0 Å². The van der Waals surface area contributed by atoms with Crippen LogP contribution in [0.2, 0.25) is 0 Å². The number of pyridine rings is 1. The second-order valence-electron chi connectivity index (χ2n) is 9.16. The van der Waals surface area contributed by atoms with Crippen LogP contribution in [0.15, 0.2) is 48.7 Å². The summed E-state index contributed by atoms with van der Waals surface area (Å²) >= 11 is 0. The summed E-state index contributed by atoms with van der Waals surface area (Å²) in [6.45, 7) is 8.99. The number of carbonyl (C=O) groups excluding carboxylic acids is 2. The Morgan fingerprint density at radius 1 is 1.15 bits per heavy atom. The van der Waals surface area contributed by atoms with Gasteiger partial charge < -0.3 is 15.0 Å². The number of ether oxygens (including phenoxy) is 1. The number of nitrogens with one attached hydrogen (secondary N) is 1. The molecule has 33 heavy (non-hydrogen) atoms. The monoisotopic (exact) mass is 452 g/mol. The van der Waals surface area contributed by atoms with Crippen molar-refractivity contribution in [1.29, 1.82) is 0 Å². The van der Waals surface area contributed by atoms with E-state index in [0.717, 1.165) is 19.5 Å². The molecule has 178 valence electrons. The summed E-state index contributed by atoms with van der Waals surface area (Å²) in [5, 5.41) is 3.33. The third-order valence-electron chi connectivity index (χ3n) is 6.13. The number of carbonyl (C=O) groups is 2. The van der Waals surface area contributed by atoms with E-state index in [1.54, 1.807) is 12.3 Å². The maximum absolute atomic E-state index is 13.5. The van der Waals surface area contributed by atoms with Crippen LogP contribution in [0.1, 0.15) is 49.5 Å². The van der Waals surface area contributed by atoms with Gasteiger partial charge in [-0.25, -0.2) is 4.98 Å². The largest absolute Gasteiger partial charge is 0.469 e. The molecular weight excluding hydrogens is 416 g/mol. The molecule has 2 atom stereocenters. The average Bonchev–Trinajstić information content (AvgIpc) is 2.81. The number of methoxy groups -OCH3 is 1. The Balaban J connectivity index is 1.78. The fraction of sp³-hybridized carbons (Fsp3) is 0.500. The summed E-state index contributed by atoms with van der Waals surface area (Å²) in [5.41, 5.74) is 1.75. The van der Waals surface area contributed by atoms with Crippen molar-refractivity contribution in [3.05, 3.63) is 59.8 Å². The Labute approximate surface area is 197 Å². The van der Waals surface area contributed by atoms with E-state index in [2.05, 4.69) is 48.1 Å². The molecule has 0 bridgehead atoms. The Morgan fingerprint density at radius 2 is 1.91 bits per heavy atom. The van der Waals surface area contributed by atoms with Gasteiger partial charge in [-0.2, -0.15) is 0 Å². The Morgan fingerprint density at radius 3 is 2.61 bits per heavy atom. The number of piperazine rings is 1. The van der Waals surface area contributed by atoms with E-state index in [1.165, 1.54) is 12.7 Å². The third kappa shape index (κ3) is 6.78. The van der Waals surface area contributed by atoms with Crippen molar-refractivity contribution >= 4 is 17.7 Å². The molecule has 1 aromatic heterocycles. The predicted octanol–water partition coefficient (Wildman–Crippen LogP) is 3.82. The minimum atomic E-state index is -0.267. The number of esters is 1. The van der Waals surface area contributed by atoms with Crippen molar-refractivity contribution in [2.45, 2.75) is 52.2 Å². The fourth-order valence-electron chi connectivity index (χ4n) is 4.29. The average molecular weight is 453 g/mol. The van der Waals surface area contributed by atoms with Crippen molar-refractivity contribution in [3.63, 3.8) is 0 Å². The van der Waals surface area contributed by atoms with E-state index < -0.39 is 0 Å². The minimum Gasteiger partial charge on any atom is -0.469 e. The number of nitrogens with zero attached hydrogens (tertiary/aromatic N) is 3. The fourth-order valence-corrected chi connectivity index (χ4v) is 4.29. The van der Waals surface area contributed by atoms with Crippen molar-refractivity contribution in [1.82, 2.24) is 14.8 Å². The smallest absolute Gasteiger partial charge is 0.307 e. The van der Waals surface area contributed by atoms with E-state index in [-0.39, 0.29) is 30.4 Å². The van der Waals surface area contributed by atoms with Crippen LogP contribution < -0.4 is 5.32 Å². The number of benzene rings is 1. The van der Waals surface area contributed by atoms with Gasteiger partial charge in [0.1, 0.15) is 5.82 Å². The summed E-state index contributed by atoms with van der Waals surface area (Å²) in [6, 6.07) is 13.8. The second-order valence-corrected chi connectivity index (χ2v) is 9.16. The molecule has 0 radical (unpaired) electrons. The molecule has 0 aliphatic carbocycles. The molecule has 1 saturated heterocycles. The van der Waals surface area contributed by atoms with E-state index in [1.807, 2.05) is 29.2 Å². The summed E-state index contributed by atoms with van der Waals surface area (Å²) in [4.78, 5) is 34.3. The first-order valence-electron chi connectivity index (χ1n) is 11.7. The van der Waals surface area contributed by atoms with Crippen LogP contribution in [0.5, 0.6) is 0 Å². The summed E-state index contributed by atoms with van der Waals surface area (Å²) in [6.07, 6.45) is 2.94. The lowest BCUT2D eigenvalue weighted by atomic mass is 10.0. The molecule has 1 fully saturated rings. The first-order chi connectivity index (χ1) is 15.9. The molecule has 3 rings (SSSR count). The molecule has 2 aromatic rings. The molecule has 1 aliphatic heterocycles. The summed E-state index contributed by atoms with van der Waals surface area (Å²) < 4.78 is 4.96. The first kappa shape index (κ1) is 24.7. The number of anilines is 1. The molecule has 0 saturated carbocycles. The highest BCUT2D eigenvalue weighted by molar-refractivity contribution is 5.98. The van der Waals surface area contributed by atoms with E-state index >= 15 is 0 Å². The van der Waals surface area contributed by atoms with Gasteiger partial charge >= 0.3 is 5.97 Å². The molecule has 1 aliphatic rings. The van der Waals surface area contributed by atoms with Gasteiger partial charge in [0.25, 0.3) is 5.91 Å². The maximum Gasteiger partial charge on any atom is 0.307 e. The Hall–Kier alpha value is -2.93. The second kappa shape index (κ2) is 11.8. The number of hydrogen-bond acceptors (Lipinski definition) is 6. The van der Waals surface area contributed by atoms with Crippen LogP contribution in [0.4, 0.5) is 5.82 Å². The van der Waals surface area contributed by atoms with E-state index in [0.29, 0.717) is 30.4 Å². The summed E-state index contributed by atoms with van der Waals surface area (Å²) in [5.74, 6) is 0.859.